The molecule has 0 unspecified atom stereocenters. The second kappa shape index (κ2) is 8.15. The molecular formula is C23H20N8O2. The quantitative estimate of drug-likeness (QED) is 0.413. The summed E-state index contributed by atoms with van der Waals surface area (Å²) in [6, 6.07) is 15.0. The number of ether oxygens (including phenoxy) is 1. The average molecular weight is 440 g/mol. The number of hydrogen-bond acceptors (Lipinski definition) is 8. The maximum absolute atomic E-state index is 11.1. The first kappa shape index (κ1) is 20.3. The van der Waals surface area contributed by atoms with Crippen LogP contribution in [-0.2, 0) is 16.1 Å². The topological polar surface area (TPSA) is 127 Å². The molecule has 2 N–H and O–H groups in total. The number of esters is 1. The minimum Gasteiger partial charge on any atom is -0.461 e. The molecule has 10 nitrogen and oxygen atoms in total. The summed E-state index contributed by atoms with van der Waals surface area (Å²) in [4.78, 5) is 29.2. The fraction of sp³-hybridized carbons (Fsp3) is 0.130. The molecule has 0 saturated carbocycles. The molecule has 0 spiro atoms. The number of aromatic nitrogens is 7. The van der Waals surface area contributed by atoms with Crippen molar-refractivity contribution in [2.45, 2.75) is 20.5 Å². The molecular weight excluding hydrogens is 420 g/mol. The number of carbonyl (C=O) groups excluding carboxylic acids is 1. The van der Waals surface area contributed by atoms with Crippen molar-refractivity contribution in [3.63, 3.8) is 0 Å². The van der Waals surface area contributed by atoms with E-state index in [-0.39, 0.29) is 12.6 Å². The fourth-order valence-corrected chi connectivity index (χ4v) is 3.49. The van der Waals surface area contributed by atoms with Gasteiger partial charge in [-0.1, -0.05) is 12.1 Å². The zero-order valence-electron chi connectivity index (χ0n) is 18.0. The number of carbonyl (C=O) groups is 1. The Labute approximate surface area is 188 Å². The first-order valence-corrected chi connectivity index (χ1v) is 10.2. The van der Waals surface area contributed by atoms with Gasteiger partial charge in [-0.15, -0.1) is 0 Å². The minimum absolute atomic E-state index is 0.205. The van der Waals surface area contributed by atoms with Gasteiger partial charge in [0.05, 0.1) is 5.56 Å². The fourth-order valence-electron chi connectivity index (χ4n) is 3.49. The number of nitrogen functional groups attached to an aromatic ring is 1. The van der Waals surface area contributed by atoms with E-state index in [1.807, 2.05) is 60.0 Å². The van der Waals surface area contributed by atoms with Crippen LogP contribution in [0.25, 0.3) is 34.1 Å². The molecule has 0 fully saturated rings. The SMILES string of the molecule is CC(=O)OCc1ccc(-n2c(-c3cccnc3N)nc3ccc(-n4cnc(C)n4)nc32)cc1. The highest BCUT2D eigenvalue weighted by molar-refractivity contribution is 5.83. The van der Waals surface area contributed by atoms with Gasteiger partial charge in [0.2, 0.25) is 0 Å². The van der Waals surface area contributed by atoms with Crippen molar-refractivity contribution in [3.8, 4) is 22.9 Å². The van der Waals surface area contributed by atoms with Crippen molar-refractivity contribution in [2.24, 2.45) is 0 Å². The zero-order chi connectivity index (χ0) is 22.9. The molecule has 4 aromatic heterocycles. The molecule has 0 atom stereocenters. The Kier molecular flexibility index (Phi) is 5.02. The molecule has 164 valence electrons. The van der Waals surface area contributed by atoms with Crippen LogP contribution in [0.4, 0.5) is 5.82 Å². The Morgan fingerprint density at radius 1 is 1.06 bits per heavy atom. The molecule has 10 heteroatoms. The third kappa shape index (κ3) is 3.89. The first-order chi connectivity index (χ1) is 16.0. The van der Waals surface area contributed by atoms with E-state index in [1.54, 1.807) is 17.2 Å². The molecule has 0 radical (unpaired) electrons. The lowest BCUT2D eigenvalue weighted by Crippen LogP contribution is -2.04. The monoisotopic (exact) mass is 440 g/mol. The summed E-state index contributed by atoms with van der Waals surface area (Å²) in [5.74, 6) is 1.92. The third-order valence-electron chi connectivity index (χ3n) is 5.05. The number of anilines is 1. The highest BCUT2D eigenvalue weighted by Crippen LogP contribution is 2.30. The Bertz CT molecular complexity index is 1470. The van der Waals surface area contributed by atoms with E-state index in [2.05, 4.69) is 15.1 Å². The number of imidazole rings is 1. The molecule has 0 bridgehead atoms. The Morgan fingerprint density at radius 2 is 1.88 bits per heavy atom. The number of benzene rings is 1. The Morgan fingerprint density at radius 3 is 2.58 bits per heavy atom. The molecule has 33 heavy (non-hydrogen) atoms. The van der Waals surface area contributed by atoms with Crippen LogP contribution in [0.3, 0.4) is 0 Å². The maximum Gasteiger partial charge on any atom is 0.302 e. The number of rotatable bonds is 5. The molecule has 0 aliphatic carbocycles. The van der Waals surface area contributed by atoms with Crippen molar-refractivity contribution in [2.75, 3.05) is 5.73 Å². The second-order valence-electron chi connectivity index (χ2n) is 7.40. The van der Waals surface area contributed by atoms with E-state index in [1.165, 1.54) is 6.92 Å². The van der Waals surface area contributed by atoms with E-state index in [9.17, 15) is 4.79 Å². The molecule has 0 saturated heterocycles. The lowest BCUT2D eigenvalue weighted by molar-refractivity contribution is -0.142. The van der Waals surface area contributed by atoms with Gasteiger partial charge in [-0.05, 0) is 48.9 Å². The predicted octanol–water partition coefficient (Wildman–Crippen LogP) is 3.02. The van der Waals surface area contributed by atoms with Gasteiger partial charge in [-0.25, -0.2) is 24.6 Å². The van der Waals surface area contributed by atoms with Crippen LogP contribution in [0.1, 0.15) is 18.3 Å². The van der Waals surface area contributed by atoms with E-state index in [0.717, 1.165) is 11.3 Å². The van der Waals surface area contributed by atoms with Gasteiger partial charge >= 0.3 is 5.97 Å². The van der Waals surface area contributed by atoms with Gasteiger partial charge in [0, 0.05) is 18.8 Å². The van der Waals surface area contributed by atoms with Gasteiger partial charge in [-0.3, -0.25) is 9.36 Å². The van der Waals surface area contributed by atoms with Gasteiger partial charge in [0.15, 0.2) is 17.3 Å². The summed E-state index contributed by atoms with van der Waals surface area (Å²) in [7, 11) is 0. The van der Waals surface area contributed by atoms with Crippen LogP contribution >= 0.6 is 0 Å². The van der Waals surface area contributed by atoms with Gasteiger partial charge < -0.3 is 10.5 Å². The summed E-state index contributed by atoms with van der Waals surface area (Å²) in [5.41, 5.74) is 9.89. The first-order valence-electron chi connectivity index (χ1n) is 10.2. The molecule has 5 aromatic rings. The Balaban J connectivity index is 1.69. The number of nitrogens with zero attached hydrogens (tertiary/aromatic N) is 7. The van der Waals surface area contributed by atoms with Crippen molar-refractivity contribution < 1.29 is 9.53 Å². The van der Waals surface area contributed by atoms with Crippen LogP contribution in [-0.4, -0.2) is 40.3 Å². The van der Waals surface area contributed by atoms with E-state index >= 15 is 0 Å². The van der Waals surface area contributed by atoms with E-state index in [4.69, 9.17) is 20.4 Å². The highest BCUT2D eigenvalue weighted by atomic mass is 16.5. The maximum atomic E-state index is 11.1. The third-order valence-corrected chi connectivity index (χ3v) is 5.05. The normalized spacial score (nSPS) is 11.1. The lowest BCUT2D eigenvalue weighted by atomic mass is 10.2. The van der Waals surface area contributed by atoms with Crippen molar-refractivity contribution in [1.82, 2.24) is 34.3 Å². The van der Waals surface area contributed by atoms with Crippen molar-refractivity contribution in [3.05, 3.63) is 72.4 Å². The number of aryl methyl sites for hydroxylation is 1. The summed E-state index contributed by atoms with van der Waals surface area (Å²) >= 11 is 0. The average Bonchev–Trinajstić information content (AvgIpc) is 3.41. The molecule has 5 rings (SSSR count). The van der Waals surface area contributed by atoms with E-state index < -0.39 is 0 Å². The summed E-state index contributed by atoms with van der Waals surface area (Å²) in [6.45, 7) is 3.41. The summed E-state index contributed by atoms with van der Waals surface area (Å²) in [5, 5.41) is 4.36. The van der Waals surface area contributed by atoms with Crippen LogP contribution in [0.5, 0.6) is 0 Å². The number of fused-ring (bicyclic) bond motifs is 1. The lowest BCUT2D eigenvalue weighted by Gasteiger charge is -2.11. The smallest absolute Gasteiger partial charge is 0.302 e. The summed E-state index contributed by atoms with van der Waals surface area (Å²) < 4.78 is 8.63. The largest absolute Gasteiger partial charge is 0.461 e. The van der Waals surface area contributed by atoms with E-state index in [0.29, 0.717) is 40.0 Å². The van der Waals surface area contributed by atoms with Gasteiger partial charge in [-0.2, -0.15) is 5.10 Å². The van der Waals surface area contributed by atoms with Crippen LogP contribution in [0.15, 0.2) is 61.1 Å². The number of nitrogens with two attached hydrogens (primary N) is 1. The molecule has 1 aromatic carbocycles. The predicted molar refractivity (Wildman–Crippen MR) is 122 cm³/mol. The van der Waals surface area contributed by atoms with Crippen LogP contribution in [0, 0.1) is 6.92 Å². The zero-order valence-corrected chi connectivity index (χ0v) is 18.0. The highest BCUT2D eigenvalue weighted by Gasteiger charge is 2.19. The number of hydrogen-bond donors (Lipinski definition) is 1. The second-order valence-corrected chi connectivity index (χ2v) is 7.40. The Hall–Kier alpha value is -4.60. The minimum atomic E-state index is -0.325. The van der Waals surface area contributed by atoms with Crippen molar-refractivity contribution in [1.29, 1.82) is 0 Å². The molecule has 0 aliphatic rings. The standard InChI is InChI=1S/C23H20N8O2/c1-14-26-13-30(29-14)20-10-9-19-23(28-20)31(22(27-19)18-4-3-11-25-21(18)24)17-7-5-16(6-8-17)12-33-15(2)32/h3-11,13H,12H2,1-2H3,(H2,24,25). The molecule has 4 heterocycles. The molecule has 0 aliphatic heterocycles. The molecule has 0 amide bonds. The van der Waals surface area contributed by atoms with Crippen LogP contribution in [0.2, 0.25) is 0 Å². The summed E-state index contributed by atoms with van der Waals surface area (Å²) in [6.07, 6.45) is 3.26. The van der Waals surface area contributed by atoms with Gasteiger partial charge in [0.25, 0.3) is 0 Å². The van der Waals surface area contributed by atoms with Crippen LogP contribution < -0.4 is 5.73 Å². The van der Waals surface area contributed by atoms with Crippen molar-refractivity contribution >= 4 is 23.0 Å². The number of pyridine rings is 2. The van der Waals surface area contributed by atoms with Gasteiger partial charge in [0.1, 0.15) is 30.1 Å².